The van der Waals surface area contributed by atoms with Crippen molar-refractivity contribution in [3.05, 3.63) is 29.3 Å². The minimum Gasteiger partial charge on any atom is -0.357 e. The van der Waals surface area contributed by atoms with Gasteiger partial charge in [-0.1, -0.05) is 13.8 Å². The molecule has 27 heavy (non-hydrogen) atoms. The monoisotopic (exact) mass is 374 g/mol. The maximum atomic E-state index is 15.0. The number of anilines is 1. The Hall–Kier alpha value is -2.97. The van der Waals surface area contributed by atoms with E-state index >= 15 is 4.39 Å². The van der Waals surface area contributed by atoms with Gasteiger partial charge in [-0.2, -0.15) is 5.10 Å². The standard InChI is InChI=1S/C18H23FN6O2/c1-9(2)5-12(17(26)20-3)23-16-14(19)11-7-21-18(27)13(11)15(24-16)10-6-22-25(4)8-10/h6,8-9,12H,5,7H2,1-4H3,(H,20,26)(H,21,27)(H,23,24). The molecule has 1 atom stereocenters. The highest BCUT2D eigenvalue weighted by Crippen LogP contribution is 2.33. The van der Waals surface area contributed by atoms with Crippen molar-refractivity contribution in [2.24, 2.45) is 13.0 Å². The van der Waals surface area contributed by atoms with Crippen molar-refractivity contribution in [3.8, 4) is 11.3 Å². The summed E-state index contributed by atoms with van der Waals surface area (Å²) in [5.74, 6) is -1.06. The molecule has 1 aliphatic rings. The summed E-state index contributed by atoms with van der Waals surface area (Å²) in [5, 5.41) is 12.3. The number of fused-ring (bicyclic) bond motifs is 1. The van der Waals surface area contributed by atoms with Crippen LogP contribution >= 0.6 is 0 Å². The Labute approximate surface area is 156 Å². The largest absolute Gasteiger partial charge is 0.357 e. The zero-order chi connectivity index (χ0) is 19.7. The van der Waals surface area contributed by atoms with Gasteiger partial charge in [0, 0.05) is 38.0 Å². The first kappa shape index (κ1) is 18.8. The minimum atomic E-state index is -0.637. The van der Waals surface area contributed by atoms with Crippen LogP contribution in [-0.2, 0) is 18.4 Å². The molecular formula is C18H23FN6O2. The predicted octanol–water partition coefficient (Wildman–Crippen LogP) is 1.44. The number of hydrogen-bond acceptors (Lipinski definition) is 5. The van der Waals surface area contributed by atoms with Crippen molar-refractivity contribution >= 4 is 17.6 Å². The summed E-state index contributed by atoms with van der Waals surface area (Å²) >= 11 is 0. The molecule has 1 aliphatic heterocycles. The van der Waals surface area contributed by atoms with Crippen molar-refractivity contribution in [1.29, 1.82) is 0 Å². The third kappa shape index (κ3) is 3.62. The number of rotatable bonds is 6. The molecule has 0 aliphatic carbocycles. The molecule has 0 fully saturated rings. The number of likely N-dealkylation sites (N-methyl/N-ethyl adjacent to an activating group) is 1. The fourth-order valence-corrected chi connectivity index (χ4v) is 3.17. The van der Waals surface area contributed by atoms with Gasteiger partial charge in [-0.15, -0.1) is 0 Å². The fourth-order valence-electron chi connectivity index (χ4n) is 3.17. The summed E-state index contributed by atoms with van der Waals surface area (Å²) in [4.78, 5) is 28.8. The summed E-state index contributed by atoms with van der Waals surface area (Å²) in [5.41, 5.74) is 1.41. The number of nitrogens with one attached hydrogen (secondary N) is 3. The van der Waals surface area contributed by atoms with Gasteiger partial charge in [-0.05, 0) is 12.3 Å². The maximum Gasteiger partial charge on any atom is 0.254 e. The highest BCUT2D eigenvalue weighted by atomic mass is 19.1. The van der Waals surface area contributed by atoms with Crippen LogP contribution in [0.15, 0.2) is 12.4 Å². The van der Waals surface area contributed by atoms with Crippen LogP contribution in [0.25, 0.3) is 11.3 Å². The Morgan fingerprint density at radius 3 is 2.78 bits per heavy atom. The second kappa shape index (κ2) is 7.34. The van der Waals surface area contributed by atoms with E-state index in [-0.39, 0.29) is 41.2 Å². The van der Waals surface area contributed by atoms with Crippen LogP contribution in [0.4, 0.5) is 10.2 Å². The molecular weight excluding hydrogens is 351 g/mol. The van der Waals surface area contributed by atoms with Gasteiger partial charge >= 0.3 is 0 Å². The van der Waals surface area contributed by atoms with E-state index in [1.54, 1.807) is 24.1 Å². The molecule has 0 aromatic carbocycles. The van der Waals surface area contributed by atoms with Crippen molar-refractivity contribution in [1.82, 2.24) is 25.4 Å². The van der Waals surface area contributed by atoms with Crippen LogP contribution in [0.1, 0.15) is 36.2 Å². The van der Waals surface area contributed by atoms with Gasteiger partial charge in [0.15, 0.2) is 11.6 Å². The second-order valence-corrected chi connectivity index (χ2v) is 7.00. The summed E-state index contributed by atoms with van der Waals surface area (Å²) in [6.07, 6.45) is 3.79. The van der Waals surface area contributed by atoms with E-state index in [9.17, 15) is 9.59 Å². The molecule has 8 nitrogen and oxygen atoms in total. The molecule has 3 N–H and O–H groups in total. The summed E-state index contributed by atoms with van der Waals surface area (Å²) in [7, 11) is 3.28. The number of hydrogen-bond donors (Lipinski definition) is 3. The van der Waals surface area contributed by atoms with E-state index in [4.69, 9.17) is 0 Å². The number of aromatic nitrogens is 3. The van der Waals surface area contributed by atoms with E-state index in [2.05, 4.69) is 26.0 Å². The van der Waals surface area contributed by atoms with Crippen molar-refractivity contribution in [2.75, 3.05) is 12.4 Å². The van der Waals surface area contributed by atoms with Crippen LogP contribution in [-0.4, -0.2) is 39.7 Å². The van der Waals surface area contributed by atoms with Gasteiger partial charge in [0.05, 0.1) is 17.5 Å². The smallest absolute Gasteiger partial charge is 0.254 e. The number of carbonyl (C=O) groups is 2. The SMILES string of the molecule is CNC(=O)C(CC(C)C)Nc1nc(-c2cnn(C)c2)c2c(c1F)CNC2=O. The zero-order valence-corrected chi connectivity index (χ0v) is 15.8. The lowest BCUT2D eigenvalue weighted by Crippen LogP contribution is -2.39. The van der Waals surface area contributed by atoms with Crippen LogP contribution in [0, 0.1) is 11.7 Å². The molecule has 0 saturated heterocycles. The van der Waals surface area contributed by atoms with Crippen LogP contribution < -0.4 is 16.0 Å². The molecule has 1 unspecified atom stereocenters. The van der Waals surface area contributed by atoms with Gasteiger partial charge in [0.2, 0.25) is 5.91 Å². The fraction of sp³-hybridized carbons (Fsp3) is 0.444. The number of nitrogens with zero attached hydrogens (tertiary/aromatic N) is 3. The number of aryl methyl sites for hydroxylation is 1. The lowest BCUT2D eigenvalue weighted by Gasteiger charge is -2.21. The van der Waals surface area contributed by atoms with E-state index < -0.39 is 11.9 Å². The quantitative estimate of drug-likeness (QED) is 0.710. The predicted molar refractivity (Wildman–Crippen MR) is 98.5 cm³/mol. The van der Waals surface area contributed by atoms with Gasteiger partial charge in [-0.25, -0.2) is 9.37 Å². The second-order valence-electron chi connectivity index (χ2n) is 7.00. The summed E-state index contributed by atoms with van der Waals surface area (Å²) in [6.45, 7) is 4.04. The number of halogens is 1. The molecule has 0 spiro atoms. The molecule has 2 aromatic heterocycles. The van der Waals surface area contributed by atoms with Gasteiger partial charge in [-0.3, -0.25) is 14.3 Å². The first-order valence-corrected chi connectivity index (χ1v) is 8.79. The molecule has 0 radical (unpaired) electrons. The molecule has 144 valence electrons. The van der Waals surface area contributed by atoms with Gasteiger partial charge < -0.3 is 16.0 Å². The molecule has 9 heteroatoms. The summed E-state index contributed by atoms with van der Waals surface area (Å²) < 4.78 is 16.6. The third-order valence-corrected chi connectivity index (χ3v) is 4.45. The summed E-state index contributed by atoms with van der Waals surface area (Å²) in [6, 6.07) is -0.637. The highest BCUT2D eigenvalue weighted by molar-refractivity contribution is 6.04. The first-order valence-electron chi connectivity index (χ1n) is 8.79. The number of pyridine rings is 1. The Bertz CT molecular complexity index is 892. The first-order chi connectivity index (χ1) is 12.8. The van der Waals surface area contributed by atoms with Gasteiger partial charge in [0.25, 0.3) is 5.91 Å². The topological polar surface area (TPSA) is 101 Å². The van der Waals surface area contributed by atoms with E-state index in [0.29, 0.717) is 17.7 Å². The third-order valence-electron chi connectivity index (χ3n) is 4.45. The molecule has 3 heterocycles. The lowest BCUT2D eigenvalue weighted by atomic mass is 10.0. The average Bonchev–Trinajstić information content (AvgIpc) is 3.22. The number of carbonyl (C=O) groups excluding carboxylic acids is 2. The van der Waals surface area contributed by atoms with Crippen LogP contribution in [0.2, 0.25) is 0 Å². The number of amides is 2. The minimum absolute atomic E-state index is 0.0432. The van der Waals surface area contributed by atoms with E-state index in [1.165, 1.54) is 7.05 Å². The molecule has 0 bridgehead atoms. The Morgan fingerprint density at radius 1 is 1.44 bits per heavy atom. The normalized spacial score (nSPS) is 14.1. The van der Waals surface area contributed by atoms with Crippen molar-refractivity contribution in [2.45, 2.75) is 32.9 Å². The Kier molecular flexibility index (Phi) is 5.11. The highest BCUT2D eigenvalue weighted by Gasteiger charge is 2.32. The lowest BCUT2D eigenvalue weighted by molar-refractivity contribution is -0.121. The molecule has 3 rings (SSSR count). The molecule has 2 amide bonds. The average molecular weight is 374 g/mol. The Balaban J connectivity index is 2.08. The molecule has 2 aromatic rings. The maximum absolute atomic E-state index is 15.0. The van der Waals surface area contributed by atoms with E-state index in [0.717, 1.165) is 0 Å². The van der Waals surface area contributed by atoms with Crippen LogP contribution in [0.5, 0.6) is 0 Å². The molecule has 0 saturated carbocycles. The van der Waals surface area contributed by atoms with Crippen molar-refractivity contribution < 1.29 is 14.0 Å². The Morgan fingerprint density at radius 2 is 2.19 bits per heavy atom. The zero-order valence-electron chi connectivity index (χ0n) is 15.8. The van der Waals surface area contributed by atoms with Crippen molar-refractivity contribution in [3.63, 3.8) is 0 Å². The van der Waals surface area contributed by atoms with Crippen LogP contribution in [0.3, 0.4) is 0 Å². The van der Waals surface area contributed by atoms with E-state index in [1.807, 2.05) is 13.8 Å². The van der Waals surface area contributed by atoms with Gasteiger partial charge in [0.1, 0.15) is 6.04 Å².